The number of amides is 1. The number of nitrogens with zero attached hydrogens (tertiary/aromatic N) is 1. The average Bonchev–Trinajstić information content (AvgIpc) is 2.62. The van der Waals surface area contributed by atoms with Gasteiger partial charge < -0.3 is 19.9 Å². The van der Waals surface area contributed by atoms with Gasteiger partial charge in [0, 0.05) is 0 Å². The third-order valence-corrected chi connectivity index (χ3v) is 4.33. The third-order valence-electron chi connectivity index (χ3n) is 4.33. The summed E-state index contributed by atoms with van der Waals surface area (Å²) in [5.74, 6) is -0.709. The fourth-order valence-electron chi connectivity index (χ4n) is 2.88. The molecule has 6 heteroatoms. The molecule has 0 bridgehead atoms. The van der Waals surface area contributed by atoms with Gasteiger partial charge in [0.15, 0.2) is 18.2 Å². The zero-order valence-electron chi connectivity index (χ0n) is 14.3. The maximum atomic E-state index is 13.5. The van der Waals surface area contributed by atoms with Gasteiger partial charge in [-0.25, -0.2) is 4.39 Å². The summed E-state index contributed by atoms with van der Waals surface area (Å²) in [6.45, 7) is 3.80. The zero-order chi connectivity index (χ0) is 17.6. The molecule has 2 aromatic rings. The fourth-order valence-corrected chi connectivity index (χ4v) is 2.88. The van der Waals surface area contributed by atoms with Crippen molar-refractivity contribution < 1.29 is 18.8 Å². The predicted molar refractivity (Wildman–Crippen MR) is 95.8 cm³/mol. The van der Waals surface area contributed by atoms with Crippen molar-refractivity contribution in [2.24, 2.45) is 0 Å². The number of anilines is 2. The van der Waals surface area contributed by atoms with Crippen LogP contribution in [-0.2, 0) is 4.79 Å². The molecule has 25 heavy (non-hydrogen) atoms. The second kappa shape index (κ2) is 7.98. The van der Waals surface area contributed by atoms with Crippen molar-refractivity contribution in [3.8, 4) is 5.75 Å². The van der Waals surface area contributed by atoms with Crippen LogP contribution in [0.5, 0.6) is 5.75 Å². The van der Waals surface area contributed by atoms with E-state index in [1.165, 1.54) is 17.0 Å². The minimum atomic E-state index is -0.476. The highest BCUT2D eigenvalue weighted by Gasteiger charge is 2.19. The summed E-state index contributed by atoms with van der Waals surface area (Å²) in [7, 11) is 2.19. The van der Waals surface area contributed by atoms with Crippen LogP contribution in [0.2, 0.25) is 0 Å². The van der Waals surface area contributed by atoms with Gasteiger partial charge in [-0.2, -0.15) is 0 Å². The van der Waals surface area contributed by atoms with E-state index in [1.807, 2.05) is 24.3 Å². The van der Waals surface area contributed by atoms with Crippen molar-refractivity contribution in [2.75, 3.05) is 50.1 Å². The van der Waals surface area contributed by atoms with Gasteiger partial charge in [-0.05, 0) is 24.3 Å². The molecule has 1 amide bonds. The third kappa shape index (κ3) is 4.48. The van der Waals surface area contributed by atoms with E-state index in [2.05, 4.69) is 17.3 Å². The van der Waals surface area contributed by atoms with Gasteiger partial charge >= 0.3 is 0 Å². The number of benzene rings is 2. The lowest BCUT2D eigenvalue weighted by molar-refractivity contribution is -0.880. The second-order valence-electron chi connectivity index (χ2n) is 6.23. The molecule has 1 fully saturated rings. The highest BCUT2D eigenvalue weighted by atomic mass is 19.1. The van der Waals surface area contributed by atoms with Gasteiger partial charge in [0.05, 0.1) is 44.6 Å². The van der Waals surface area contributed by atoms with Crippen LogP contribution in [0.1, 0.15) is 0 Å². The van der Waals surface area contributed by atoms with Crippen LogP contribution in [0.4, 0.5) is 15.8 Å². The number of carbonyl (C=O) groups is 1. The number of ether oxygens (including phenoxy) is 1. The van der Waals surface area contributed by atoms with Gasteiger partial charge in [0.1, 0.15) is 0 Å². The van der Waals surface area contributed by atoms with E-state index in [1.54, 1.807) is 12.1 Å². The predicted octanol–water partition coefficient (Wildman–Crippen LogP) is 1.18. The number of hydrogen-bond acceptors (Lipinski definition) is 3. The summed E-state index contributed by atoms with van der Waals surface area (Å²) in [6.07, 6.45) is 0. The summed E-state index contributed by atoms with van der Waals surface area (Å²) in [4.78, 5) is 16.0. The van der Waals surface area contributed by atoms with E-state index >= 15 is 0 Å². The Morgan fingerprint density at radius 3 is 2.60 bits per heavy atom. The molecule has 2 N–H and O–H groups in total. The standard InChI is InChI=1S/C19H22FN3O2/c1-22-10-12-23(13-11-22)17-8-4-3-7-16(17)21-19(24)14-25-18-9-5-2-6-15(18)20/h2-9H,10-14H2,1H3,(H,21,24)/p+1. The Balaban J connectivity index is 1.62. The van der Waals surface area contributed by atoms with Crippen molar-refractivity contribution in [1.82, 2.24) is 0 Å². The first-order valence-corrected chi connectivity index (χ1v) is 8.46. The maximum absolute atomic E-state index is 13.5. The van der Waals surface area contributed by atoms with Crippen molar-refractivity contribution >= 4 is 17.3 Å². The number of carbonyl (C=O) groups excluding carboxylic acids is 1. The first-order chi connectivity index (χ1) is 12.1. The monoisotopic (exact) mass is 344 g/mol. The molecule has 0 aliphatic carbocycles. The molecule has 3 rings (SSSR count). The minimum absolute atomic E-state index is 0.0768. The van der Waals surface area contributed by atoms with Gasteiger partial charge in [0.2, 0.25) is 0 Å². The molecule has 1 saturated heterocycles. The van der Waals surface area contributed by atoms with E-state index < -0.39 is 5.82 Å². The molecule has 0 unspecified atom stereocenters. The summed E-state index contributed by atoms with van der Waals surface area (Å²) in [6, 6.07) is 13.8. The number of likely N-dealkylation sites (N-methyl/N-ethyl adjacent to an activating group) is 1. The molecular formula is C19H23FN3O2+. The summed E-state index contributed by atoms with van der Waals surface area (Å²) >= 11 is 0. The molecule has 2 aromatic carbocycles. The van der Waals surface area contributed by atoms with Crippen molar-refractivity contribution in [2.45, 2.75) is 0 Å². The molecule has 1 aliphatic rings. The Bertz CT molecular complexity index is 730. The Kier molecular flexibility index (Phi) is 5.50. The van der Waals surface area contributed by atoms with Gasteiger partial charge in [-0.15, -0.1) is 0 Å². The average molecular weight is 344 g/mol. The van der Waals surface area contributed by atoms with Crippen LogP contribution >= 0.6 is 0 Å². The molecule has 0 atom stereocenters. The highest BCUT2D eigenvalue weighted by molar-refractivity contribution is 5.95. The van der Waals surface area contributed by atoms with Crippen molar-refractivity contribution in [1.29, 1.82) is 0 Å². The molecular weight excluding hydrogens is 321 g/mol. The summed E-state index contributed by atoms with van der Waals surface area (Å²) < 4.78 is 18.8. The molecule has 0 aromatic heterocycles. The SMILES string of the molecule is C[NH+]1CCN(c2ccccc2NC(=O)COc2ccccc2F)CC1. The molecule has 1 heterocycles. The van der Waals surface area contributed by atoms with Crippen LogP contribution in [0.3, 0.4) is 0 Å². The molecule has 1 aliphatic heterocycles. The first-order valence-electron chi connectivity index (χ1n) is 8.46. The Morgan fingerprint density at radius 2 is 1.84 bits per heavy atom. The van der Waals surface area contributed by atoms with Crippen LogP contribution in [0.15, 0.2) is 48.5 Å². The lowest BCUT2D eigenvalue weighted by Gasteiger charge is -2.33. The first kappa shape index (κ1) is 17.2. The number of quaternary nitrogens is 1. The Labute approximate surface area is 147 Å². The Hall–Kier alpha value is -2.60. The van der Waals surface area contributed by atoms with E-state index in [-0.39, 0.29) is 18.3 Å². The van der Waals surface area contributed by atoms with Gasteiger partial charge in [0.25, 0.3) is 5.91 Å². The lowest BCUT2D eigenvalue weighted by Crippen LogP contribution is -3.12. The van der Waals surface area contributed by atoms with Gasteiger partial charge in [-0.3, -0.25) is 4.79 Å². The van der Waals surface area contributed by atoms with Crippen LogP contribution < -0.4 is 19.9 Å². The zero-order valence-corrected chi connectivity index (χ0v) is 14.3. The summed E-state index contributed by atoms with van der Waals surface area (Å²) in [5, 5.41) is 2.87. The topological polar surface area (TPSA) is 46.0 Å². The Morgan fingerprint density at radius 1 is 1.16 bits per heavy atom. The molecule has 0 radical (unpaired) electrons. The van der Waals surface area contributed by atoms with Crippen molar-refractivity contribution in [3.63, 3.8) is 0 Å². The van der Waals surface area contributed by atoms with E-state index in [9.17, 15) is 9.18 Å². The number of nitrogens with one attached hydrogen (secondary N) is 2. The molecule has 0 spiro atoms. The number of piperazine rings is 1. The van der Waals surface area contributed by atoms with Gasteiger partial charge in [-0.1, -0.05) is 24.3 Å². The number of halogens is 1. The van der Waals surface area contributed by atoms with Crippen molar-refractivity contribution in [3.05, 3.63) is 54.3 Å². The van der Waals surface area contributed by atoms with Crippen LogP contribution in [0, 0.1) is 5.82 Å². The maximum Gasteiger partial charge on any atom is 0.262 e. The van der Waals surface area contributed by atoms with E-state index in [0.29, 0.717) is 0 Å². The van der Waals surface area contributed by atoms with E-state index in [0.717, 1.165) is 37.6 Å². The second-order valence-corrected chi connectivity index (χ2v) is 6.23. The lowest BCUT2D eigenvalue weighted by atomic mass is 10.2. The highest BCUT2D eigenvalue weighted by Crippen LogP contribution is 2.25. The molecule has 132 valence electrons. The fraction of sp³-hybridized carbons (Fsp3) is 0.316. The van der Waals surface area contributed by atoms with Crippen LogP contribution in [0.25, 0.3) is 0 Å². The van der Waals surface area contributed by atoms with E-state index in [4.69, 9.17) is 4.74 Å². The normalized spacial score (nSPS) is 15.0. The molecule has 5 nitrogen and oxygen atoms in total. The smallest absolute Gasteiger partial charge is 0.262 e. The number of hydrogen-bond donors (Lipinski definition) is 2. The van der Waals surface area contributed by atoms with Crippen LogP contribution in [-0.4, -0.2) is 45.7 Å². The quantitative estimate of drug-likeness (QED) is 0.856. The number of rotatable bonds is 5. The number of para-hydroxylation sites is 3. The largest absolute Gasteiger partial charge is 0.481 e. The molecule has 0 saturated carbocycles. The summed E-state index contributed by atoms with van der Waals surface area (Å²) in [5.41, 5.74) is 1.76. The minimum Gasteiger partial charge on any atom is -0.481 e.